The molecule has 0 amide bonds. The molecule has 1 N–H and O–H groups in total. The number of methoxy groups -OCH3 is 1. The van der Waals surface area contributed by atoms with E-state index in [1.54, 1.807) is 37.4 Å². The Bertz CT molecular complexity index is 230. The Morgan fingerprint density at radius 1 is 1.27 bits per heavy atom. The van der Waals surface area contributed by atoms with Crippen molar-refractivity contribution in [2.24, 2.45) is 0 Å². The summed E-state index contributed by atoms with van der Waals surface area (Å²) in [4.78, 5) is 10.2. The molecule has 0 radical (unpaired) electrons. The third-order valence-corrected chi connectivity index (χ3v) is 1.31. The van der Waals surface area contributed by atoms with Gasteiger partial charge in [-0.1, -0.05) is 32.0 Å². The van der Waals surface area contributed by atoms with Gasteiger partial charge in [-0.25, -0.2) is 4.79 Å². The summed E-state index contributed by atoms with van der Waals surface area (Å²) in [5, 5.41) is 8.38. The predicted octanol–water partition coefficient (Wildman–Crippen LogP) is 3.06. The number of benzene rings is 1. The zero-order chi connectivity index (χ0) is 12.1. The Hall–Kier alpha value is -1.35. The van der Waals surface area contributed by atoms with E-state index >= 15 is 0 Å². The molecular formula is C12H20O3. The maximum absolute atomic E-state index is 10.2. The van der Waals surface area contributed by atoms with Gasteiger partial charge >= 0.3 is 5.97 Å². The van der Waals surface area contributed by atoms with Crippen molar-refractivity contribution in [1.82, 2.24) is 0 Å². The van der Waals surface area contributed by atoms with Gasteiger partial charge in [-0.05, 0) is 19.1 Å². The SMILES string of the molecule is CC.CCOC.O=C(O)c1ccccc1. The standard InChI is InChI=1S/C7H6O2.C3H8O.C2H6/c8-7(9)6-4-2-1-3-5-6;1-3-4-2;1-2/h1-5H,(H,8,9);3H2,1-2H3;1-2H3. The van der Waals surface area contributed by atoms with Gasteiger partial charge in [0.2, 0.25) is 0 Å². The van der Waals surface area contributed by atoms with Crippen molar-refractivity contribution in [3.63, 3.8) is 0 Å². The Morgan fingerprint density at radius 3 is 1.87 bits per heavy atom. The van der Waals surface area contributed by atoms with Crippen LogP contribution in [0.3, 0.4) is 0 Å². The molecule has 0 aliphatic heterocycles. The summed E-state index contributed by atoms with van der Waals surface area (Å²) >= 11 is 0. The second kappa shape index (κ2) is 12.7. The lowest BCUT2D eigenvalue weighted by molar-refractivity contribution is 0.0697. The highest BCUT2D eigenvalue weighted by Gasteiger charge is 1.96. The van der Waals surface area contributed by atoms with E-state index < -0.39 is 5.97 Å². The van der Waals surface area contributed by atoms with Crippen molar-refractivity contribution in [2.75, 3.05) is 13.7 Å². The summed E-state index contributed by atoms with van der Waals surface area (Å²) in [6.07, 6.45) is 0. The molecule has 15 heavy (non-hydrogen) atoms. The summed E-state index contributed by atoms with van der Waals surface area (Å²) in [6.45, 7) is 6.78. The first-order valence-corrected chi connectivity index (χ1v) is 4.99. The predicted molar refractivity (Wildman–Crippen MR) is 62.3 cm³/mol. The first-order chi connectivity index (χ1) is 7.22. The van der Waals surface area contributed by atoms with Crippen LogP contribution in [0.1, 0.15) is 31.1 Å². The monoisotopic (exact) mass is 212 g/mol. The van der Waals surface area contributed by atoms with Crippen molar-refractivity contribution < 1.29 is 14.6 Å². The van der Waals surface area contributed by atoms with E-state index in [4.69, 9.17) is 5.11 Å². The second-order valence-corrected chi connectivity index (χ2v) is 2.25. The van der Waals surface area contributed by atoms with E-state index in [1.165, 1.54) is 0 Å². The minimum Gasteiger partial charge on any atom is -0.478 e. The minimum absolute atomic E-state index is 0.331. The maximum Gasteiger partial charge on any atom is 0.335 e. The molecule has 0 unspecified atom stereocenters. The maximum atomic E-state index is 10.2. The Balaban J connectivity index is 0. The van der Waals surface area contributed by atoms with Gasteiger partial charge in [0.1, 0.15) is 0 Å². The van der Waals surface area contributed by atoms with E-state index in [-0.39, 0.29) is 0 Å². The van der Waals surface area contributed by atoms with Crippen molar-refractivity contribution in [3.05, 3.63) is 35.9 Å². The fourth-order valence-corrected chi connectivity index (χ4v) is 0.581. The molecule has 0 fully saturated rings. The lowest BCUT2D eigenvalue weighted by Gasteiger charge is -1.88. The largest absolute Gasteiger partial charge is 0.478 e. The Morgan fingerprint density at radius 2 is 1.67 bits per heavy atom. The minimum atomic E-state index is -0.879. The Kier molecular flexibility index (Phi) is 13.6. The highest BCUT2D eigenvalue weighted by atomic mass is 16.5. The fraction of sp³-hybridized carbons (Fsp3) is 0.417. The number of aromatic carboxylic acids is 1. The summed E-state index contributed by atoms with van der Waals surface area (Å²) in [7, 11) is 1.68. The van der Waals surface area contributed by atoms with Crippen molar-refractivity contribution >= 4 is 5.97 Å². The molecule has 0 atom stereocenters. The third-order valence-electron chi connectivity index (χ3n) is 1.31. The first kappa shape index (κ1) is 16.1. The Labute approximate surface area is 91.7 Å². The zero-order valence-electron chi connectivity index (χ0n) is 9.86. The molecule has 3 nitrogen and oxygen atoms in total. The summed E-state index contributed by atoms with van der Waals surface area (Å²) in [5.74, 6) is -0.879. The number of carboxylic acids is 1. The molecule has 0 aliphatic rings. The molecule has 0 spiro atoms. The molecule has 86 valence electrons. The smallest absolute Gasteiger partial charge is 0.335 e. The first-order valence-electron chi connectivity index (χ1n) is 4.99. The van der Waals surface area contributed by atoms with Crippen molar-refractivity contribution in [3.8, 4) is 0 Å². The van der Waals surface area contributed by atoms with E-state index in [1.807, 2.05) is 20.8 Å². The average Bonchev–Trinajstić information content (AvgIpc) is 2.33. The molecule has 3 heteroatoms. The van der Waals surface area contributed by atoms with Crippen LogP contribution in [0, 0.1) is 0 Å². The van der Waals surface area contributed by atoms with Gasteiger partial charge in [0, 0.05) is 13.7 Å². The topological polar surface area (TPSA) is 46.5 Å². The van der Waals surface area contributed by atoms with Crippen LogP contribution >= 0.6 is 0 Å². The van der Waals surface area contributed by atoms with E-state index in [2.05, 4.69) is 4.74 Å². The number of hydrogen-bond acceptors (Lipinski definition) is 2. The lowest BCUT2D eigenvalue weighted by atomic mass is 10.2. The fourth-order valence-electron chi connectivity index (χ4n) is 0.581. The molecular weight excluding hydrogens is 192 g/mol. The average molecular weight is 212 g/mol. The van der Waals surface area contributed by atoms with Crippen molar-refractivity contribution in [2.45, 2.75) is 20.8 Å². The van der Waals surface area contributed by atoms with Crippen LogP contribution in [0.15, 0.2) is 30.3 Å². The van der Waals surface area contributed by atoms with Gasteiger partial charge in [0.05, 0.1) is 5.56 Å². The zero-order valence-corrected chi connectivity index (χ0v) is 9.86. The van der Waals surface area contributed by atoms with E-state index in [0.29, 0.717) is 5.56 Å². The van der Waals surface area contributed by atoms with Crippen LogP contribution in [0.5, 0.6) is 0 Å². The molecule has 1 aromatic rings. The van der Waals surface area contributed by atoms with Crippen molar-refractivity contribution in [1.29, 1.82) is 0 Å². The molecule has 0 saturated heterocycles. The summed E-state index contributed by atoms with van der Waals surface area (Å²) in [5.41, 5.74) is 0.331. The van der Waals surface area contributed by atoms with Crippen LogP contribution in [-0.2, 0) is 4.74 Å². The molecule has 1 aromatic carbocycles. The van der Waals surface area contributed by atoms with Gasteiger partial charge in [0.15, 0.2) is 0 Å². The van der Waals surface area contributed by atoms with E-state index in [9.17, 15) is 4.79 Å². The number of carboxylic acid groups (broad SMARTS) is 1. The summed E-state index contributed by atoms with van der Waals surface area (Å²) in [6, 6.07) is 8.30. The van der Waals surface area contributed by atoms with E-state index in [0.717, 1.165) is 6.61 Å². The van der Waals surface area contributed by atoms with Crippen LogP contribution in [0.25, 0.3) is 0 Å². The highest BCUT2D eigenvalue weighted by molar-refractivity contribution is 5.87. The second-order valence-electron chi connectivity index (χ2n) is 2.25. The molecule has 0 aromatic heterocycles. The van der Waals surface area contributed by atoms with Gasteiger partial charge in [-0.3, -0.25) is 0 Å². The van der Waals surface area contributed by atoms with Gasteiger partial charge in [-0.2, -0.15) is 0 Å². The molecule has 0 aliphatic carbocycles. The van der Waals surface area contributed by atoms with Crippen LogP contribution < -0.4 is 0 Å². The van der Waals surface area contributed by atoms with Crippen LogP contribution in [0.4, 0.5) is 0 Å². The molecule has 1 rings (SSSR count). The summed E-state index contributed by atoms with van der Waals surface area (Å²) < 4.78 is 4.54. The number of rotatable bonds is 2. The normalized spacial score (nSPS) is 7.73. The number of ether oxygens (including phenoxy) is 1. The molecule has 0 saturated carbocycles. The number of carbonyl (C=O) groups is 1. The van der Waals surface area contributed by atoms with Gasteiger partial charge in [-0.15, -0.1) is 0 Å². The highest BCUT2D eigenvalue weighted by Crippen LogP contribution is 1.96. The van der Waals surface area contributed by atoms with Crippen LogP contribution in [0.2, 0.25) is 0 Å². The number of hydrogen-bond donors (Lipinski definition) is 1. The van der Waals surface area contributed by atoms with Crippen LogP contribution in [-0.4, -0.2) is 24.8 Å². The quantitative estimate of drug-likeness (QED) is 0.819. The lowest BCUT2D eigenvalue weighted by Crippen LogP contribution is -1.93. The molecule has 0 heterocycles. The molecule has 0 bridgehead atoms. The van der Waals surface area contributed by atoms with Gasteiger partial charge < -0.3 is 9.84 Å². The third kappa shape index (κ3) is 10.6. The van der Waals surface area contributed by atoms with Gasteiger partial charge in [0.25, 0.3) is 0 Å².